The Hall–Kier alpha value is -0.0600. The number of pyridine rings is 1. The normalized spacial score (nSPS) is 12.9. The SMILES string of the molecule is CSCC(O)c1cc(C)c(Br)cn1. The van der Waals surface area contributed by atoms with Gasteiger partial charge < -0.3 is 5.11 Å². The van der Waals surface area contributed by atoms with Gasteiger partial charge in [-0.3, -0.25) is 4.98 Å². The fourth-order valence-electron chi connectivity index (χ4n) is 0.987. The minimum atomic E-state index is -0.457. The Kier molecular flexibility index (Phi) is 4.22. The second-order valence-electron chi connectivity index (χ2n) is 2.83. The molecule has 0 bridgehead atoms. The fourth-order valence-corrected chi connectivity index (χ4v) is 1.69. The Bertz CT molecular complexity index is 293. The van der Waals surface area contributed by atoms with Crippen molar-refractivity contribution in [3.05, 3.63) is 28.0 Å². The van der Waals surface area contributed by atoms with Crippen molar-refractivity contribution in [2.24, 2.45) is 0 Å². The number of hydrogen-bond donors (Lipinski definition) is 1. The second-order valence-corrected chi connectivity index (χ2v) is 4.59. The summed E-state index contributed by atoms with van der Waals surface area (Å²) in [6, 6.07) is 1.91. The van der Waals surface area contributed by atoms with Gasteiger partial charge in [0.15, 0.2) is 0 Å². The highest BCUT2D eigenvalue weighted by molar-refractivity contribution is 9.10. The van der Waals surface area contributed by atoms with Gasteiger partial charge in [-0.25, -0.2) is 0 Å². The maximum Gasteiger partial charge on any atom is 0.105 e. The number of aromatic nitrogens is 1. The van der Waals surface area contributed by atoms with E-state index < -0.39 is 6.10 Å². The van der Waals surface area contributed by atoms with Crippen molar-refractivity contribution in [3.63, 3.8) is 0 Å². The van der Waals surface area contributed by atoms with E-state index in [-0.39, 0.29) is 0 Å². The molecule has 0 aliphatic rings. The highest BCUT2D eigenvalue weighted by Gasteiger charge is 2.08. The van der Waals surface area contributed by atoms with E-state index in [0.29, 0.717) is 5.75 Å². The molecule has 0 aromatic carbocycles. The molecule has 1 N–H and O–H groups in total. The van der Waals surface area contributed by atoms with Crippen molar-refractivity contribution in [1.82, 2.24) is 4.98 Å². The van der Waals surface area contributed by atoms with Gasteiger partial charge >= 0.3 is 0 Å². The van der Waals surface area contributed by atoms with E-state index in [4.69, 9.17) is 0 Å². The number of halogens is 1. The van der Waals surface area contributed by atoms with Crippen molar-refractivity contribution in [2.45, 2.75) is 13.0 Å². The zero-order chi connectivity index (χ0) is 9.84. The topological polar surface area (TPSA) is 33.1 Å². The van der Waals surface area contributed by atoms with Crippen LogP contribution in [0.2, 0.25) is 0 Å². The van der Waals surface area contributed by atoms with Crippen LogP contribution in [-0.4, -0.2) is 22.1 Å². The maximum absolute atomic E-state index is 9.64. The Morgan fingerprint density at radius 3 is 2.92 bits per heavy atom. The molecule has 1 aromatic heterocycles. The quantitative estimate of drug-likeness (QED) is 0.908. The third-order valence-electron chi connectivity index (χ3n) is 1.73. The van der Waals surface area contributed by atoms with Crippen LogP contribution in [0.25, 0.3) is 0 Å². The zero-order valence-electron chi connectivity index (χ0n) is 7.62. The number of aliphatic hydroxyl groups is 1. The Labute approximate surface area is 90.9 Å². The lowest BCUT2D eigenvalue weighted by Gasteiger charge is -2.09. The van der Waals surface area contributed by atoms with Gasteiger partial charge in [0.05, 0.1) is 5.69 Å². The van der Waals surface area contributed by atoms with E-state index in [1.807, 2.05) is 19.2 Å². The number of aryl methyl sites for hydroxylation is 1. The Morgan fingerprint density at radius 2 is 2.38 bits per heavy atom. The highest BCUT2D eigenvalue weighted by Crippen LogP contribution is 2.20. The lowest BCUT2D eigenvalue weighted by molar-refractivity contribution is 0.199. The Balaban J connectivity index is 2.84. The van der Waals surface area contributed by atoms with Gasteiger partial charge in [0.2, 0.25) is 0 Å². The maximum atomic E-state index is 9.64. The first kappa shape index (κ1) is 11.0. The zero-order valence-corrected chi connectivity index (χ0v) is 10.0. The predicted molar refractivity (Wildman–Crippen MR) is 60.0 cm³/mol. The molecule has 0 fully saturated rings. The van der Waals surface area contributed by atoms with Crippen LogP contribution < -0.4 is 0 Å². The fraction of sp³-hybridized carbons (Fsp3) is 0.444. The lowest BCUT2D eigenvalue weighted by atomic mass is 10.2. The molecule has 0 saturated carbocycles. The molecule has 1 heterocycles. The minimum Gasteiger partial charge on any atom is -0.386 e. The van der Waals surface area contributed by atoms with E-state index in [9.17, 15) is 5.11 Å². The minimum absolute atomic E-state index is 0.457. The molecule has 2 nitrogen and oxygen atoms in total. The van der Waals surface area contributed by atoms with Crippen molar-refractivity contribution in [2.75, 3.05) is 12.0 Å². The molecule has 1 rings (SSSR count). The number of thioether (sulfide) groups is 1. The average molecular weight is 262 g/mol. The average Bonchev–Trinajstić information content (AvgIpc) is 2.10. The van der Waals surface area contributed by atoms with Crippen molar-refractivity contribution in [3.8, 4) is 0 Å². The van der Waals surface area contributed by atoms with Crippen LogP contribution >= 0.6 is 27.7 Å². The first-order valence-corrected chi connectivity index (χ1v) is 6.13. The monoisotopic (exact) mass is 261 g/mol. The molecule has 1 aromatic rings. The molecule has 1 unspecified atom stereocenters. The summed E-state index contributed by atoms with van der Waals surface area (Å²) in [5.41, 5.74) is 1.85. The smallest absolute Gasteiger partial charge is 0.105 e. The van der Waals surface area contributed by atoms with Crippen LogP contribution in [0, 0.1) is 6.92 Å². The summed E-state index contributed by atoms with van der Waals surface area (Å²) in [5, 5.41) is 9.64. The number of rotatable bonds is 3. The van der Waals surface area contributed by atoms with E-state index in [1.54, 1.807) is 18.0 Å². The van der Waals surface area contributed by atoms with E-state index in [1.165, 1.54) is 0 Å². The van der Waals surface area contributed by atoms with Gasteiger partial charge in [0, 0.05) is 16.4 Å². The molecule has 0 saturated heterocycles. The van der Waals surface area contributed by atoms with E-state index >= 15 is 0 Å². The molecule has 13 heavy (non-hydrogen) atoms. The summed E-state index contributed by atoms with van der Waals surface area (Å²) in [6.45, 7) is 1.99. The molecule has 0 aliphatic carbocycles. The lowest BCUT2D eigenvalue weighted by Crippen LogP contribution is -2.03. The van der Waals surface area contributed by atoms with E-state index in [0.717, 1.165) is 15.7 Å². The summed E-state index contributed by atoms with van der Waals surface area (Å²) < 4.78 is 0.979. The van der Waals surface area contributed by atoms with Gasteiger partial charge in [-0.05, 0) is 40.7 Å². The van der Waals surface area contributed by atoms with Crippen LogP contribution in [0.1, 0.15) is 17.4 Å². The van der Waals surface area contributed by atoms with Crippen molar-refractivity contribution in [1.29, 1.82) is 0 Å². The van der Waals surface area contributed by atoms with Crippen molar-refractivity contribution >= 4 is 27.7 Å². The second kappa shape index (κ2) is 4.98. The third kappa shape index (κ3) is 2.97. The van der Waals surface area contributed by atoms with Gasteiger partial charge in [0.1, 0.15) is 6.10 Å². The van der Waals surface area contributed by atoms with Crippen molar-refractivity contribution < 1.29 is 5.11 Å². The molecular formula is C9H12BrNOS. The summed E-state index contributed by atoms with van der Waals surface area (Å²) >= 11 is 4.98. The summed E-state index contributed by atoms with van der Waals surface area (Å²) in [5.74, 6) is 0.689. The summed E-state index contributed by atoms with van der Waals surface area (Å²) in [7, 11) is 0. The van der Waals surface area contributed by atoms with Crippen LogP contribution in [0.3, 0.4) is 0 Å². The van der Waals surface area contributed by atoms with E-state index in [2.05, 4.69) is 20.9 Å². The largest absolute Gasteiger partial charge is 0.386 e. The van der Waals surface area contributed by atoms with Crippen LogP contribution in [0.5, 0.6) is 0 Å². The summed E-state index contributed by atoms with van der Waals surface area (Å²) in [6.07, 6.45) is 3.24. The third-order valence-corrected chi connectivity index (χ3v) is 3.21. The van der Waals surface area contributed by atoms with Crippen LogP contribution in [0.4, 0.5) is 0 Å². The van der Waals surface area contributed by atoms with Gasteiger partial charge in [-0.1, -0.05) is 0 Å². The molecule has 0 aliphatic heterocycles. The molecule has 0 spiro atoms. The van der Waals surface area contributed by atoms with Gasteiger partial charge in [0.25, 0.3) is 0 Å². The summed E-state index contributed by atoms with van der Waals surface area (Å²) in [4.78, 5) is 4.15. The highest BCUT2D eigenvalue weighted by atomic mass is 79.9. The predicted octanol–water partition coefficient (Wildman–Crippen LogP) is 2.55. The first-order valence-electron chi connectivity index (χ1n) is 3.94. The number of aliphatic hydroxyl groups excluding tert-OH is 1. The van der Waals surface area contributed by atoms with Crippen LogP contribution in [-0.2, 0) is 0 Å². The van der Waals surface area contributed by atoms with Gasteiger partial charge in [-0.15, -0.1) is 0 Å². The van der Waals surface area contributed by atoms with Gasteiger partial charge in [-0.2, -0.15) is 11.8 Å². The molecule has 0 amide bonds. The number of nitrogens with zero attached hydrogens (tertiary/aromatic N) is 1. The first-order chi connectivity index (χ1) is 6.15. The Morgan fingerprint density at radius 1 is 1.69 bits per heavy atom. The standard InChI is InChI=1S/C9H12BrNOS/c1-6-3-8(9(12)5-13-2)11-4-7(6)10/h3-4,9,12H,5H2,1-2H3. The molecule has 1 atom stereocenters. The molecule has 72 valence electrons. The molecule has 0 radical (unpaired) electrons. The molecule has 4 heteroatoms. The van der Waals surface area contributed by atoms with Crippen LogP contribution in [0.15, 0.2) is 16.7 Å². The molecular weight excluding hydrogens is 250 g/mol. The number of hydrogen-bond acceptors (Lipinski definition) is 3.